The molecule has 2 rings (SSSR count). The molecule has 0 saturated heterocycles. The van der Waals surface area contributed by atoms with Crippen molar-refractivity contribution in [1.82, 2.24) is 15.0 Å². The minimum Gasteiger partial charge on any atom is -0.455 e. The maximum Gasteiger partial charge on any atom is 0.306 e. The summed E-state index contributed by atoms with van der Waals surface area (Å²) in [5.74, 6) is -0.0690. The third kappa shape index (κ3) is 5.98. The number of hydrazone groups is 1. The van der Waals surface area contributed by atoms with Crippen LogP contribution in [0.25, 0.3) is 0 Å². The van der Waals surface area contributed by atoms with E-state index in [2.05, 4.69) is 22.1 Å². The zero-order valence-electron chi connectivity index (χ0n) is 15.1. The minimum atomic E-state index is -0.555. The summed E-state index contributed by atoms with van der Waals surface area (Å²) in [5, 5.41) is 4.84. The zero-order chi connectivity index (χ0) is 19.8. The number of benzene rings is 1. The molecule has 1 N–H and O–H groups in total. The van der Waals surface area contributed by atoms with Gasteiger partial charge < -0.3 is 9.30 Å². The van der Waals surface area contributed by atoms with Crippen LogP contribution < -0.4 is 5.43 Å². The van der Waals surface area contributed by atoms with Crippen molar-refractivity contribution < 1.29 is 9.53 Å². The van der Waals surface area contributed by atoms with E-state index in [1.807, 2.05) is 36.6 Å². The Morgan fingerprint density at radius 1 is 1.41 bits per heavy atom. The number of rotatable bonds is 8. The van der Waals surface area contributed by atoms with Gasteiger partial charge in [0, 0.05) is 10.6 Å². The minimum absolute atomic E-state index is 0.0742. The van der Waals surface area contributed by atoms with Crippen LogP contribution in [-0.2, 0) is 16.1 Å². The van der Waals surface area contributed by atoms with E-state index < -0.39 is 5.91 Å². The maximum absolute atomic E-state index is 12.1. The molecule has 6 nitrogen and oxygen atoms in total. The fraction of sp³-hybridized carbons (Fsp3) is 0.211. The van der Waals surface area contributed by atoms with Crippen LogP contribution in [0.5, 0.6) is 0 Å². The van der Waals surface area contributed by atoms with E-state index in [4.69, 9.17) is 27.9 Å². The topological polar surface area (TPSA) is 68.5 Å². The third-order valence-electron chi connectivity index (χ3n) is 3.58. The van der Waals surface area contributed by atoms with Gasteiger partial charge in [-0.15, -0.1) is 0 Å². The quantitative estimate of drug-likeness (QED) is 0.304. The van der Waals surface area contributed by atoms with Crippen molar-refractivity contribution in [3.05, 3.63) is 76.2 Å². The number of carbonyl (C=O) groups is 1. The number of hydrogen-bond acceptors (Lipinski definition) is 4. The van der Waals surface area contributed by atoms with Gasteiger partial charge in [0.15, 0.2) is 5.76 Å². The van der Waals surface area contributed by atoms with Crippen LogP contribution in [-0.4, -0.2) is 21.7 Å². The first-order valence-corrected chi connectivity index (χ1v) is 8.99. The van der Waals surface area contributed by atoms with E-state index in [0.717, 1.165) is 12.1 Å². The van der Waals surface area contributed by atoms with Gasteiger partial charge in [-0.1, -0.05) is 54.9 Å². The van der Waals surface area contributed by atoms with Crippen LogP contribution in [0.1, 0.15) is 24.6 Å². The van der Waals surface area contributed by atoms with Gasteiger partial charge in [-0.3, -0.25) is 4.79 Å². The number of allylic oxidation sites excluding steroid dienone is 2. The summed E-state index contributed by atoms with van der Waals surface area (Å²) in [5.41, 5.74) is 3.86. The molecular formula is C19H20Cl2N4O2. The molecule has 0 fully saturated rings. The number of imidazole rings is 1. The van der Waals surface area contributed by atoms with E-state index >= 15 is 0 Å². The van der Waals surface area contributed by atoms with E-state index in [1.54, 1.807) is 18.5 Å². The molecule has 0 spiro atoms. The van der Waals surface area contributed by atoms with Crippen LogP contribution in [0.4, 0.5) is 0 Å². The summed E-state index contributed by atoms with van der Waals surface area (Å²) in [4.78, 5) is 16.2. The van der Waals surface area contributed by atoms with Gasteiger partial charge in [0.25, 0.3) is 0 Å². The van der Waals surface area contributed by atoms with Crippen molar-refractivity contribution in [1.29, 1.82) is 0 Å². The van der Waals surface area contributed by atoms with Gasteiger partial charge in [0.05, 0.1) is 24.8 Å². The van der Waals surface area contributed by atoms with Crippen molar-refractivity contribution in [2.24, 2.45) is 5.10 Å². The Balaban J connectivity index is 1.96. The highest BCUT2D eigenvalue weighted by Gasteiger charge is 2.12. The number of nitrogens with one attached hydrogen (secondary N) is 1. The Labute approximate surface area is 168 Å². The van der Waals surface area contributed by atoms with Crippen LogP contribution in [0.15, 0.2) is 59.9 Å². The van der Waals surface area contributed by atoms with Gasteiger partial charge in [-0.25, -0.2) is 10.4 Å². The fourth-order valence-electron chi connectivity index (χ4n) is 2.12. The highest BCUT2D eigenvalue weighted by Crippen LogP contribution is 2.16. The summed E-state index contributed by atoms with van der Waals surface area (Å²) in [6.45, 7) is 7.86. The Bertz CT molecular complexity index is 888. The van der Waals surface area contributed by atoms with Crippen molar-refractivity contribution in [3.63, 3.8) is 0 Å². The van der Waals surface area contributed by atoms with Crippen molar-refractivity contribution >= 4 is 35.3 Å². The number of carbonyl (C=O) groups excluding carboxylic acids is 1. The summed E-state index contributed by atoms with van der Waals surface area (Å²) in [6.07, 6.45) is 5.66. The van der Waals surface area contributed by atoms with Gasteiger partial charge in [-0.05, 0) is 25.5 Å². The first kappa shape index (κ1) is 20.7. The monoisotopic (exact) mass is 406 g/mol. The molecule has 0 aliphatic rings. The van der Waals surface area contributed by atoms with Crippen LogP contribution in [0.3, 0.4) is 0 Å². The second-order valence-corrected chi connectivity index (χ2v) is 6.34. The van der Waals surface area contributed by atoms with Crippen molar-refractivity contribution in [2.75, 3.05) is 0 Å². The molecule has 8 heteroatoms. The lowest BCUT2D eigenvalue weighted by atomic mass is 10.2. The summed E-state index contributed by atoms with van der Waals surface area (Å²) < 4.78 is 7.43. The van der Waals surface area contributed by atoms with E-state index in [1.165, 1.54) is 6.21 Å². The summed E-state index contributed by atoms with van der Waals surface area (Å²) in [7, 11) is 0. The first-order valence-electron chi connectivity index (χ1n) is 8.23. The van der Waals surface area contributed by atoms with Crippen molar-refractivity contribution in [2.45, 2.75) is 26.8 Å². The van der Waals surface area contributed by atoms with Crippen LogP contribution in [0, 0.1) is 6.92 Å². The second-order valence-electron chi connectivity index (χ2n) is 5.57. The molecule has 0 aliphatic heterocycles. The molecule has 2 aromatic rings. The molecule has 0 unspecified atom stereocenters. The molecule has 0 saturated carbocycles. The smallest absolute Gasteiger partial charge is 0.306 e. The molecule has 27 heavy (non-hydrogen) atoms. The predicted molar refractivity (Wildman–Crippen MR) is 108 cm³/mol. The fourth-order valence-corrected chi connectivity index (χ4v) is 2.46. The normalized spacial score (nSPS) is 11.6. The lowest BCUT2D eigenvalue weighted by Gasteiger charge is -2.13. The first-order chi connectivity index (χ1) is 12.9. The molecule has 0 bridgehead atoms. The predicted octanol–water partition coefficient (Wildman–Crippen LogP) is 4.47. The number of amides is 1. The molecule has 1 aromatic heterocycles. The maximum atomic E-state index is 12.1. The third-order valence-corrected chi connectivity index (χ3v) is 4.30. The average Bonchev–Trinajstić information content (AvgIpc) is 2.95. The number of hydrogen-bond donors (Lipinski definition) is 1. The SMILES string of the molecule is C=C(O/C(=C\CC)Cn1cnc(Cl)c1C)C(=O)N/N=C/c1ccccc1Cl. The molecule has 0 atom stereocenters. The Morgan fingerprint density at radius 3 is 2.78 bits per heavy atom. The van der Waals surface area contributed by atoms with E-state index in [0.29, 0.717) is 28.0 Å². The van der Waals surface area contributed by atoms with E-state index in [9.17, 15) is 4.79 Å². The standard InChI is InChI=1S/C19H20Cl2N4O2/c1-4-7-16(11-25-12-22-18(21)13(25)2)27-14(3)19(26)24-23-10-15-8-5-6-9-17(15)20/h5-10,12H,3-4,11H2,1-2H3,(H,24,26)/b16-7-,23-10+. The zero-order valence-corrected chi connectivity index (χ0v) is 16.6. The molecule has 142 valence electrons. The number of nitrogens with zero attached hydrogens (tertiary/aromatic N) is 3. The van der Waals surface area contributed by atoms with Gasteiger partial charge in [0.2, 0.25) is 0 Å². The lowest BCUT2D eigenvalue weighted by Crippen LogP contribution is -2.21. The number of aromatic nitrogens is 2. The van der Waals surface area contributed by atoms with Gasteiger partial charge in [0.1, 0.15) is 10.9 Å². The molecule has 0 radical (unpaired) electrons. The molecule has 1 amide bonds. The lowest BCUT2D eigenvalue weighted by molar-refractivity contribution is -0.120. The number of halogens is 2. The Kier molecular flexibility index (Phi) is 7.64. The highest BCUT2D eigenvalue weighted by atomic mass is 35.5. The average molecular weight is 407 g/mol. The summed E-state index contributed by atoms with van der Waals surface area (Å²) in [6, 6.07) is 7.15. The van der Waals surface area contributed by atoms with Crippen LogP contribution in [0.2, 0.25) is 10.2 Å². The number of ether oxygens (including phenoxy) is 1. The largest absolute Gasteiger partial charge is 0.455 e. The summed E-state index contributed by atoms with van der Waals surface area (Å²) >= 11 is 12.0. The van der Waals surface area contributed by atoms with Gasteiger partial charge in [-0.2, -0.15) is 5.10 Å². The molecule has 1 aromatic carbocycles. The highest BCUT2D eigenvalue weighted by molar-refractivity contribution is 6.33. The molecule has 0 aliphatic carbocycles. The Hall–Kier alpha value is -2.57. The van der Waals surface area contributed by atoms with Crippen molar-refractivity contribution in [3.8, 4) is 0 Å². The van der Waals surface area contributed by atoms with Crippen LogP contribution >= 0.6 is 23.2 Å². The molecular weight excluding hydrogens is 387 g/mol. The van der Waals surface area contributed by atoms with Gasteiger partial charge >= 0.3 is 5.91 Å². The van der Waals surface area contributed by atoms with E-state index in [-0.39, 0.29) is 5.76 Å². The Morgan fingerprint density at radius 2 is 2.15 bits per heavy atom. The molecule has 1 heterocycles. The second kappa shape index (κ2) is 9.94.